The first-order chi connectivity index (χ1) is 9.45. The van der Waals surface area contributed by atoms with Gasteiger partial charge in [-0.15, -0.1) is 11.3 Å². The minimum absolute atomic E-state index is 0.502. The zero-order valence-electron chi connectivity index (χ0n) is 11.8. The highest BCUT2D eigenvalue weighted by Gasteiger charge is 2.14. The van der Waals surface area contributed by atoms with Gasteiger partial charge in [0.15, 0.2) is 5.82 Å². The fourth-order valence-electron chi connectivity index (χ4n) is 2.39. The van der Waals surface area contributed by atoms with Crippen LogP contribution in [0, 0.1) is 27.7 Å². The molecule has 0 saturated heterocycles. The van der Waals surface area contributed by atoms with E-state index in [9.17, 15) is 0 Å². The third-order valence-corrected chi connectivity index (χ3v) is 4.55. The number of aromatic nitrogens is 3. The second-order valence-electron chi connectivity index (χ2n) is 4.96. The van der Waals surface area contributed by atoms with Crippen LogP contribution in [0.4, 0.5) is 0 Å². The summed E-state index contributed by atoms with van der Waals surface area (Å²) >= 11 is 7.95. The van der Waals surface area contributed by atoms with Gasteiger partial charge in [-0.25, -0.2) is 15.0 Å². The molecule has 102 valence electrons. The SMILES string of the molecule is Cc1cc(C)c2nc(-c3sc(C)nc3C)nc(Cl)c2c1. The smallest absolute Gasteiger partial charge is 0.173 e. The Morgan fingerprint density at radius 3 is 2.40 bits per heavy atom. The molecule has 0 fully saturated rings. The van der Waals surface area contributed by atoms with Gasteiger partial charge in [0.05, 0.1) is 21.1 Å². The molecule has 0 radical (unpaired) electrons. The van der Waals surface area contributed by atoms with Crippen LogP contribution in [0.2, 0.25) is 5.15 Å². The summed E-state index contributed by atoms with van der Waals surface area (Å²) in [5, 5.41) is 2.42. The third-order valence-electron chi connectivity index (χ3n) is 3.20. The molecule has 0 atom stereocenters. The zero-order valence-corrected chi connectivity index (χ0v) is 13.4. The van der Waals surface area contributed by atoms with Gasteiger partial charge in [-0.1, -0.05) is 23.2 Å². The maximum Gasteiger partial charge on any atom is 0.173 e. The predicted octanol–water partition coefficient (Wildman–Crippen LogP) is 4.64. The van der Waals surface area contributed by atoms with Crippen LogP contribution >= 0.6 is 22.9 Å². The number of rotatable bonds is 1. The standard InChI is InChI=1S/C15H14ClN3S/c1-7-5-8(2)12-11(6-7)14(16)19-15(18-12)13-9(3)17-10(4)20-13/h5-6H,1-4H3. The Balaban J connectivity index is 2.32. The van der Waals surface area contributed by atoms with Gasteiger partial charge in [0, 0.05) is 5.39 Å². The van der Waals surface area contributed by atoms with Crippen molar-refractivity contribution in [3.63, 3.8) is 0 Å². The summed E-state index contributed by atoms with van der Waals surface area (Å²) in [7, 11) is 0. The molecule has 20 heavy (non-hydrogen) atoms. The van der Waals surface area contributed by atoms with Crippen LogP contribution in [-0.2, 0) is 0 Å². The van der Waals surface area contributed by atoms with Crippen LogP contribution in [0.5, 0.6) is 0 Å². The largest absolute Gasteiger partial charge is 0.246 e. The van der Waals surface area contributed by atoms with Crippen LogP contribution in [0.3, 0.4) is 0 Å². The van der Waals surface area contributed by atoms with Crippen molar-refractivity contribution in [2.75, 3.05) is 0 Å². The van der Waals surface area contributed by atoms with E-state index in [2.05, 4.69) is 16.0 Å². The van der Waals surface area contributed by atoms with Gasteiger partial charge >= 0.3 is 0 Å². The van der Waals surface area contributed by atoms with Crippen molar-refractivity contribution < 1.29 is 0 Å². The van der Waals surface area contributed by atoms with Crippen molar-refractivity contribution in [3.8, 4) is 10.7 Å². The number of hydrogen-bond donors (Lipinski definition) is 0. The zero-order chi connectivity index (χ0) is 14.4. The summed E-state index contributed by atoms with van der Waals surface area (Å²) < 4.78 is 0. The maximum absolute atomic E-state index is 6.35. The van der Waals surface area contributed by atoms with E-state index in [1.807, 2.05) is 33.8 Å². The van der Waals surface area contributed by atoms with Crippen molar-refractivity contribution in [1.82, 2.24) is 15.0 Å². The number of thiazole rings is 1. The van der Waals surface area contributed by atoms with Gasteiger partial charge < -0.3 is 0 Å². The van der Waals surface area contributed by atoms with Crippen molar-refractivity contribution in [2.24, 2.45) is 0 Å². The molecular formula is C15H14ClN3S. The second kappa shape index (κ2) is 4.79. The van der Waals surface area contributed by atoms with Crippen molar-refractivity contribution >= 4 is 33.8 Å². The van der Waals surface area contributed by atoms with E-state index in [1.165, 1.54) is 0 Å². The van der Waals surface area contributed by atoms with Gasteiger partial charge in [-0.3, -0.25) is 0 Å². The monoisotopic (exact) mass is 303 g/mol. The molecule has 1 aromatic carbocycles. The van der Waals surface area contributed by atoms with Crippen molar-refractivity contribution in [1.29, 1.82) is 0 Å². The Kier molecular flexibility index (Phi) is 3.22. The minimum atomic E-state index is 0.502. The lowest BCUT2D eigenvalue weighted by molar-refractivity contribution is 1.17. The summed E-state index contributed by atoms with van der Waals surface area (Å²) in [4.78, 5) is 14.6. The quantitative estimate of drug-likeness (QED) is 0.615. The number of halogens is 1. The van der Waals surface area contributed by atoms with Crippen LogP contribution in [0.25, 0.3) is 21.6 Å². The molecule has 0 aliphatic rings. The molecule has 0 bridgehead atoms. The molecule has 0 aliphatic carbocycles. The molecule has 0 saturated carbocycles. The summed E-state index contributed by atoms with van der Waals surface area (Å²) in [6.07, 6.45) is 0. The normalized spacial score (nSPS) is 11.2. The predicted molar refractivity (Wildman–Crippen MR) is 84.6 cm³/mol. The molecule has 5 heteroatoms. The van der Waals surface area contributed by atoms with Crippen LogP contribution < -0.4 is 0 Å². The fourth-order valence-corrected chi connectivity index (χ4v) is 3.47. The summed E-state index contributed by atoms with van der Waals surface area (Å²) in [5.74, 6) is 0.664. The number of fused-ring (bicyclic) bond motifs is 1. The molecule has 2 heterocycles. The highest BCUT2D eigenvalue weighted by molar-refractivity contribution is 7.15. The van der Waals surface area contributed by atoms with Crippen LogP contribution in [0.1, 0.15) is 21.8 Å². The maximum atomic E-state index is 6.35. The topological polar surface area (TPSA) is 38.7 Å². The van der Waals surface area contributed by atoms with Crippen molar-refractivity contribution in [3.05, 3.63) is 39.1 Å². The van der Waals surface area contributed by atoms with Gasteiger partial charge in [0.1, 0.15) is 5.15 Å². The van der Waals surface area contributed by atoms with Crippen LogP contribution in [0.15, 0.2) is 12.1 Å². The minimum Gasteiger partial charge on any atom is -0.246 e. The molecule has 3 nitrogen and oxygen atoms in total. The first-order valence-electron chi connectivity index (χ1n) is 6.34. The Labute approximate surface area is 126 Å². The fraction of sp³-hybridized carbons (Fsp3) is 0.267. The lowest BCUT2D eigenvalue weighted by Gasteiger charge is -2.07. The summed E-state index contributed by atoms with van der Waals surface area (Å²) in [5.41, 5.74) is 4.14. The van der Waals surface area contributed by atoms with Crippen LogP contribution in [-0.4, -0.2) is 15.0 Å². The highest BCUT2D eigenvalue weighted by atomic mass is 35.5. The molecule has 0 unspecified atom stereocenters. The van der Waals surface area contributed by atoms with Gasteiger partial charge in [0.2, 0.25) is 0 Å². The van der Waals surface area contributed by atoms with E-state index in [0.29, 0.717) is 11.0 Å². The average Bonchev–Trinajstić information content (AvgIpc) is 2.69. The Hall–Kier alpha value is -1.52. The molecule has 3 rings (SSSR count). The first kappa shape index (κ1) is 13.5. The van der Waals surface area contributed by atoms with E-state index >= 15 is 0 Å². The lowest BCUT2D eigenvalue weighted by Crippen LogP contribution is -1.94. The van der Waals surface area contributed by atoms with Gasteiger partial charge in [0.25, 0.3) is 0 Å². The Morgan fingerprint density at radius 2 is 1.75 bits per heavy atom. The Morgan fingerprint density at radius 1 is 1.00 bits per heavy atom. The lowest BCUT2D eigenvalue weighted by atomic mass is 10.1. The highest BCUT2D eigenvalue weighted by Crippen LogP contribution is 2.31. The Bertz CT molecular complexity index is 824. The first-order valence-corrected chi connectivity index (χ1v) is 7.54. The molecular weight excluding hydrogens is 290 g/mol. The molecule has 3 aromatic rings. The van der Waals surface area contributed by atoms with E-state index in [1.54, 1.807) is 11.3 Å². The van der Waals surface area contributed by atoms with E-state index in [-0.39, 0.29) is 0 Å². The molecule has 0 aliphatic heterocycles. The molecule has 0 N–H and O–H groups in total. The second-order valence-corrected chi connectivity index (χ2v) is 6.52. The average molecular weight is 304 g/mol. The number of nitrogens with zero attached hydrogens (tertiary/aromatic N) is 3. The van der Waals surface area contributed by atoms with E-state index in [0.717, 1.165) is 37.6 Å². The van der Waals surface area contributed by atoms with Crippen molar-refractivity contribution in [2.45, 2.75) is 27.7 Å². The molecule has 2 aromatic heterocycles. The third kappa shape index (κ3) is 2.19. The number of aryl methyl sites for hydroxylation is 4. The van der Waals surface area contributed by atoms with E-state index in [4.69, 9.17) is 16.6 Å². The van der Waals surface area contributed by atoms with Gasteiger partial charge in [-0.2, -0.15) is 0 Å². The van der Waals surface area contributed by atoms with Gasteiger partial charge in [-0.05, 0) is 39.3 Å². The molecule has 0 amide bonds. The number of benzene rings is 1. The summed E-state index contributed by atoms with van der Waals surface area (Å²) in [6, 6.07) is 4.14. The van der Waals surface area contributed by atoms with E-state index < -0.39 is 0 Å². The molecule has 0 spiro atoms. The number of hydrogen-bond acceptors (Lipinski definition) is 4. The summed E-state index contributed by atoms with van der Waals surface area (Å²) in [6.45, 7) is 8.06.